The lowest BCUT2D eigenvalue weighted by atomic mass is 10.00. The summed E-state index contributed by atoms with van der Waals surface area (Å²) in [6.07, 6.45) is 1.08. The third-order valence-electron chi connectivity index (χ3n) is 3.41. The van der Waals surface area contributed by atoms with Crippen LogP contribution in [-0.4, -0.2) is 32.0 Å². The van der Waals surface area contributed by atoms with Gasteiger partial charge in [0.15, 0.2) is 14.6 Å². The van der Waals surface area contributed by atoms with Crippen molar-refractivity contribution in [1.82, 2.24) is 0 Å². The van der Waals surface area contributed by atoms with E-state index in [4.69, 9.17) is 4.74 Å². The van der Waals surface area contributed by atoms with E-state index < -0.39 is 26.4 Å². The van der Waals surface area contributed by atoms with Crippen LogP contribution in [0, 0.1) is 5.82 Å². The fourth-order valence-electron chi connectivity index (χ4n) is 1.82. The summed E-state index contributed by atoms with van der Waals surface area (Å²) in [5, 5.41) is 0. The Hall–Kier alpha value is -0.950. The number of ether oxygens (including phenoxy) is 1. The van der Waals surface area contributed by atoms with E-state index in [0.29, 0.717) is 10.0 Å². The molecule has 0 aliphatic heterocycles. The van der Waals surface area contributed by atoms with Crippen LogP contribution in [0.3, 0.4) is 0 Å². The highest BCUT2D eigenvalue weighted by molar-refractivity contribution is 9.10. The molecule has 1 rings (SSSR count). The zero-order valence-corrected chi connectivity index (χ0v) is 14.6. The van der Waals surface area contributed by atoms with E-state index in [1.165, 1.54) is 13.0 Å². The molecule has 1 unspecified atom stereocenters. The van der Waals surface area contributed by atoms with Crippen molar-refractivity contribution in [2.24, 2.45) is 0 Å². The summed E-state index contributed by atoms with van der Waals surface area (Å²) in [5.74, 6) is -1.24. The van der Waals surface area contributed by atoms with Crippen LogP contribution >= 0.6 is 15.9 Å². The highest BCUT2D eigenvalue weighted by Crippen LogP contribution is 2.26. The summed E-state index contributed by atoms with van der Waals surface area (Å²) in [6, 6.07) is 4.53. The summed E-state index contributed by atoms with van der Waals surface area (Å²) in [6.45, 7) is 3.02. The first-order valence-electron chi connectivity index (χ1n) is 6.42. The summed E-state index contributed by atoms with van der Waals surface area (Å²) in [4.78, 5) is 12.0. The van der Waals surface area contributed by atoms with Crippen molar-refractivity contribution >= 4 is 31.7 Å². The number of carbonyl (C=O) groups excluding carboxylic acids is 1. The number of halogens is 2. The van der Waals surface area contributed by atoms with E-state index in [9.17, 15) is 17.6 Å². The Morgan fingerprint density at radius 1 is 1.43 bits per heavy atom. The van der Waals surface area contributed by atoms with Crippen LogP contribution in [0.15, 0.2) is 22.7 Å². The SMILES string of the molecule is CCOC(=O)C(C)(CCc1ccc(Br)cc1F)S(C)(=O)=O. The molecule has 0 N–H and O–H groups in total. The molecule has 0 radical (unpaired) electrons. The van der Waals surface area contributed by atoms with Gasteiger partial charge in [-0.1, -0.05) is 22.0 Å². The van der Waals surface area contributed by atoms with Crippen LogP contribution in [0.25, 0.3) is 0 Å². The standard InChI is InChI=1S/C14H18BrFO4S/c1-4-20-13(17)14(2,21(3,18)19)8-7-10-5-6-11(15)9-12(10)16/h5-6,9H,4,7-8H2,1-3H3. The number of aryl methyl sites for hydroxylation is 1. The van der Waals surface area contributed by atoms with Crippen LogP contribution in [-0.2, 0) is 25.8 Å². The Labute approximate surface area is 132 Å². The highest BCUT2D eigenvalue weighted by atomic mass is 79.9. The van der Waals surface area contributed by atoms with Crippen molar-refractivity contribution in [2.75, 3.05) is 12.9 Å². The molecule has 0 heterocycles. The van der Waals surface area contributed by atoms with Gasteiger partial charge in [0, 0.05) is 10.7 Å². The number of rotatable bonds is 6. The zero-order chi connectivity index (χ0) is 16.3. The maximum Gasteiger partial charge on any atom is 0.327 e. The normalized spacial score (nSPS) is 14.5. The van der Waals surface area contributed by atoms with Gasteiger partial charge in [-0.3, -0.25) is 4.79 Å². The first-order chi connectivity index (χ1) is 9.61. The molecule has 0 bridgehead atoms. The topological polar surface area (TPSA) is 60.4 Å². The minimum atomic E-state index is -3.68. The molecule has 1 aromatic rings. The molecule has 4 nitrogen and oxygen atoms in total. The maximum absolute atomic E-state index is 13.8. The lowest BCUT2D eigenvalue weighted by Gasteiger charge is -2.25. The molecule has 0 aliphatic rings. The summed E-state index contributed by atoms with van der Waals surface area (Å²) in [5.41, 5.74) is 0.359. The van der Waals surface area contributed by atoms with Crippen LogP contribution in [0.4, 0.5) is 4.39 Å². The van der Waals surface area contributed by atoms with Gasteiger partial charge in [-0.25, -0.2) is 12.8 Å². The van der Waals surface area contributed by atoms with Crippen molar-refractivity contribution in [1.29, 1.82) is 0 Å². The fourth-order valence-corrected chi connectivity index (χ4v) is 2.99. The number of esters is 1. The van der Waals surface area contributed by atoms with Gasteiger partial charge in [0.2, 0.25) is 0 Å². The lowest BCUT2D eigenvalue weighted by molar-refractivity contribution is -0.146. The first kappa shape index (κ1) is 18.1. The smallest absolute Gasteiger partial charge is 0.327 e. The summed E-state index contributed by atoms with van der Waals surface area (Å²) >= 11 is 3.15. The minimum absolute atomic E-state index is 0.0385. The van der Waals surface area contributed by atoms with E-state index in [1.807, 2.05) is 0 Å². The van der Waals surface area contributed by atoms with Gasteiger partial charge in [0.05, 0.1) is 6.61 Å². The van der Waals surface area contributed by atoms with Crippen LogP contribution in [0.1, 0.15) is 25.8 Å². The number of hydrogen-bond acceptors (Lipinski definition) is 4. The van der Waals surface area contributed by atoms with Crippen LogP contribution in [0.2, 0.25) is 0 Å². The molecule has 118 valence electrons. The molecular weight excluding hydrogens is 363 g/mol. The maximum atomic E-state index is 13.8. The van der Waals surface area contributed by atoms with E-state index in [0.717, 1.165) is 6.26 Å². The van der Waals surface area contributed by atoms with Gasteiger partial charge in [0.1, 0.15) is 5.82 Å². The second kappa shape index (κ2) is 6.87. The molecule has 0 amide bonds. The first-order valence-corrected chi connectivity index (χ1v) is 9.11. The van der Waals surface area contributed by atoms with Gasteiger partial charge >= 0.3 is 5.97 Å². The summed E-state index contributed by atoms with van der Waals surface area (Å²) in [7, 11) is -3.68. The molecule has 7 heteroatoms. The molecule has 0 saturated heterocycles. The largest absolute Gasteiger partial charge is 0.465 e. The van der Waals surface area contributed by atoms with Crippen LogP contribution < -0.4 is 0 Å². The monoisotopic (exact) mass is 380 g/mol. The fraction of sp³-hybridized carbons (Fsp3) is 0.500. The molecule has 0 aliphatic carbocycles. The second-order valence-electron chi connectivity index (χ2n) is 4.96. The van der Waals surface area contributed by atoms with Crippen molar-refractivity contribution in [3.8, 4) is 0 Å². The van der Waals surface area contributed by atoms with Crippen molar-refractivity contribution in [3.63, 3.8) is 0 Å². The van der Waals surface area contributed by atoms with Crippen molar-refractivity contribution in [3.05, 3.63) is 34.1 Å². The third kappa shape index (κ3) is 4.26. The second-order valence-corrected chi connectivity index (χ2v) is 8.32. The molecule has 0 saturated carbocycles. The Bertz CT molecular complexity index is 630. The molecule has 1 aromatic carbocycles. The molecule has 0 fully saturated rings. The van der Waals surface area contributed by atoms with Crippen LogP contribution in [0.5, 0.6) is 0 Å². The molecule has 21 heavy (non-hydrogen) atoms. The highest BCUT2D eigenvalue weighted by Gasteiger charge is 2.44. The van der Waals surface area contributed by atoms with E-state index in [2.05, 4.69) is 15.9 Å². The molecule has 0 aromatic heterocycles. The van der Waals surface area contributed by atoms with Gasteiger partial charge in [-0.05, 0) is 44.4 Å². The number of benzene rings is 1. The Balaban J connectivity index is 3.01. The number of sulfone groups is 1. The third-order valence-corrected chi connectivity index (χ3v) is 5.91. The summed E-state index contributed by atoms with van der Waals surface area (Å²) < 4.78 is 41.4. The minimum Gasteiger partial charge on any atom is -0.465 e. The van der Waals surface area contributed by atoms with Crippen molar-refractivity contribution < 1.29 is 22.3 Å². The zero-order valence-electron chi connectivity index (χ0n) is 12.2. The molecular formula is C14H18BrFO4S. The van der Waals surface area contributed by atoms with E-state index in [1.54, 1.807) is 19.1 Å². The lowest BCUT2D eigenvalue weighted by Crippen LogP contribution is -2.44. The van der Waals surface area contributed by atoms with Gasteiger partial charge in [-0.2, -0.15) is 0 Å². The number of carbonyl (C=O) groups is 1. The predicted molar refractivity (Wildman–Crippen MR) is 82.3 cm³/mol. The quantitative estimate of drug-likeness (QED) is 0.711. The average molecular weight is 381 g/mol. The van der Waals surface area contributed by atoms with Gasteiger partial charge in [0.25, 0.3) is 0 Å². The van der Waals surface area contributed by atoms with E-state index >= 15 is 0 Å². The van der Waals surface area contributed by atoms with Gasteiger partial charge < -0.3 is 4.74 Å². The Kier molecular flexibility index (Phi) is 5.92. The Morgan fingerprint density at radius 2 is 2.05 bits per heavy atom. The van der Waals surface area contributed by atoms with Gasteiger partial charge in [-0.15, -0.1) is 0 Å². The van der Waals surface area contributed by atoms with Crippen molar-refractivity contribution in [2.45, 2.75) is 31.4 Å². The Morgan fingerprint density at radius 3 is 2.52 bits per heavy atom. The van der Waals surface area contributed by atoms with E-state index in [-0.39, 0.29) is 19.4 Å². The molecule has 1 atom stereocenters. The average Bonchev–Trinajstić information content (AvgIpc) is 2.36. The molecule has 0 spiro atoms. The number of hydrogen-bond donors (Lipinski definition) is 0. The predicted octanol–water partition coefficient (Wildman–Crippen LogP) is 2.89.